The van der Waals surface area contributed by atoms with E-state index in [1.807, 2.05) is 20.8 Å². The number of nitrogens with zero attached hydrogens (tertiary/aromatic N) is 4. The number of rotatable bonds is 3. The van der Waals surface area contributed by atoms with E-state index < -0.39 is 17.5 Å². The van der Waals surface area contributed by atoms with Gasteiger partial charge in [-0.1, -0.05) is 0 Å². The van der Waals surface area contributed by atoms with Crippen LogP contribution in [-0.2, 0) is 11.8 Å². The predicted molar refractivity (Wildman–Crippen MR) is 88.6 cm³/mol. The lowest BCUT2D eigenvalue weighted by atomic mass is 10.1. The third-order valence-electron chi connectivity index (χ3n) is 3.70. The van der Waals surface area contributed by atoms with E-state index >= 15 is 0 Å². The van der Waals surface area contributed by atoms with Crippen molar-refractivity contribution in [3.8, 4) is 17.1 Å². The Bertz CT molecular complexity index is 778. The van der Waals surface area contributed by atoms with Crippen LogP contribution in [0.25, 0.3) is 11.4 Å². The molecule has 3 heterocycles. The highest BCUT2D eigenvalue weighted by Crippen LogP contribution is 2.26. The van der Waals surface area contributed by atoms with Crippen molar-refractivity contribution >= 4 is 6.09 Å². The van der Waals surface area contributed by atoms with E-state index in [-0.39, 0.29) is 11.9 Å². The van der Waals surface area contributed by atoms with Crippen molar-refractivity contribution in [2.75, 3.05) is 13.1 Å². The first-order chi connectivity index (χ1) is 11.7. The molecule has 7 nitrogen and oxygen atoms in total. The van der Waals surface area contributed by atoms with Gasteiger partial charge in [0.15, 0.2) is 11.6 Å². The molecule has 1 amide bonds. The largest absolute Gasteiger partial charge is 0.483 e. The quantitative estimate of drug-likeness (QED) is 0.853. The number of amides is 1. The molecule has 1 aliphatic rings. The average molecular weight is 348 g/mol. The van der Waals surface area contributed by atoms with Gasteiger partial charge in [0, 0.05) is 19.3 Å². The SMILES string of the molecule is Cn1nccc1-c1cc(OC2CN(C(=O)OC(C)(C)C)C2)c(F)cn1. The number of aromatic nitrogens is 3. The number of halogens is 1. The molecule has 0 bridgehead atoms. The van der Waals surface area contributed by atoms with E-state index in [2.05, 4.69) is 10.1 Å². The molecule has 0 atom stereocenters. The zero-order valence-electron chi connectivity index (χ0n) is 14.7. The summed E-state index contributed by atoms with van der Waals surface area (Å²) in [4.78, 5) is 17.5. The maximum Gasteiger partial charge on any atom is 0.410 e. The number of aryl methyl sites for hydroxylation is 1. The topological polar surface area (TPSA) is 69.5 Å². The summed E-state index contributed by atoms with van der Waals surface area (Å²) in [6.07, 6.45) is 2.11. The molecule has 0 unspecified atom stereocenters. The Balaban J connectivity index is 1.63. The molecule has 0 radical (unpaired) electrons. The summed E-state index contributed by atoms with van der Waals surface area (Å²) in [7, 11) is 1.78. The molecule has 1 saturated heterocycles. The van der Waals surface area contributed by atoms with Gasteiger partial charge >= 0.3 is 6.09 Å². The van der Waals surface area contributed by atoms with Crippen LogP contribution in [0, 0.1) is 5.82 Å². The van der Waals surface area contributed by atoms with Gasteiger partial charge in [-0.05, 0) is 26.8 Å². The fourth-order valence-corrected chi connectivity index (χ4v) is 2.44. The van der Waals surface area contributed by atoms with E-state index in [9.17, 15) is 9.18 Å². The Labute approximate surface area is 145 Å². The molecule has 134 valence electrons. The molecule has 1 fully saturated rings. The summed E-state index contributed by atoms with van der Waals surface area (Å²) in [5.74, 6) is -0.429. The van der Waals surface area contributed by atoms with Crippen LogP contribution in [0.4, 0.5) is 9.18 Å². The van der Waals surface area contributed by atoms with Gasteiger partial charge in [-0.3, -0.25) is 9.67 Å². The van der Waals surface area contributed by atoms with Crippen LogP contribution in [-0.4, -0.2) is 50.6 Å². The second-order valence-electron chi connectivity index (χ2n) is 6.97. The molecule has 2 aromatic rings. The highest BCUT2D eigenvalue weighted by atomic mass is 19.1. The van der Waals surface area contributed by atoms with Gasteiger partial charge < -0.3 is 14.4 Å². The molecule has 1 aliphatic heterocycles. The fraction of sp³-hybridized carbons (Fsp3) is 0.471. The van der Waals surface area contributed by atoms with Crippen molar-refractivity contribution in [1.82, 2.24) is 19.7 Å². The molecular weight excluding hydrogens is 327 g/mol. The predicted octanol–water partition coefficient (Wildman–Crippen LogP) is 2.62. The molecule has 8 heteroatoms. The fourth-order valence-electron chi connectivity index (χ4n) is 2.44. The van der Waals surface area contributed by atoms with Crippen molar-refractivity contribution in [2.45, 2.75) is 32.5 Å². The van der Waals surface area contributed by atoms with E-state index in [0.29, 0.717) is 18.8 Å². The number of carbonyl (C=O) groups is 1. The minimum absolute atomic E-state index is 0.111. The first-order valence-corrected chi connectivity index (χ1v) is 8.01. The normalized spacial score (nSPS) is 15.0. The maximum atomic E-state index is 14.0. The highest BCUT2D eigenvalue weighted by Gasteiger charge is 2.35. The second-order valence-corrected chi connectivity index (χ2v) is 6.97. The Morgan fingerprint density at radius 1 is 1.36 bits per heavy atom. The van der Waals surface area contributed by atoms with Crippen LogP contribution in [0.2, 0.25) is 0 Å². The van der Waals surface area contributed by atoms with E-state index in [4.69, 9.17) is 9.47 Å². The van der Waals surface area contributed by atoms with Crippen molar-refractivity contribution < 1.29 is 18.7 Å². The lowest BCUT2D eigenvalue weighted by Gasteiger charge is -2.39. The minimum Gasteiger partial charge on any atom is -0.483 e. The van der Waals surface area contributed by atoms with Gasteiger partial charge in [0.25, 0.3) is 0 Å². The Hall–Kier alpha value is -2.64. The molecule has 0 aromatic carbocycles. The van der Waals surface area contributed by atoms with E-state index in [1.54, 1.807) is 30.1 Å². The standard InChI is InChI=1S/C17H21FN4O3/c1-17(2,3)25-16(23)22-9-11(10-22)24-15-7-13(19-8-12(15)18)14-5-6-20-21(14)4/h5-8,11H,9-10H2,1-4H3. The zero-order valence-corrected chi connectivity index (χ0v) is 14.7. The van der Waals surface area contributed by atoms with Crippen LogP contribution in [0.3, 0.4) is 0 Å². The molecule has 25 heavy (non-hydrogen) atoms. The van der Waals surface area contributed by atoms with Crippen LogP contribution < -0.4 is 4.74 Å². The van der Waals surface area contributed by atoms with Crippen molar-refractivity contribution in [2.24, 2.45) is 7.05 Å². The Kier molecular flexibility index (Phi) is 4.36. The van der Waals surface area contributed by atoms with Crippen LogP contribution in [0.1, 0.15) is 20.8 Å². The van der Waals surface area contributed by atoms with E-state index in [0.717, 1.165) is 11.9 Å². The van der Waals surface area contributed by atoms with Crippen LogP contribution >= 0.6 is 0 Å². The lowest BCUT2D eigenvalue weighted by molar-refractivity contribution is -0.0229. The lowest BCUT2D eigenvalue weighted by Crippen LogP contribution is -2.57. The zero-order chi connectivity index (χ0) is 18.2. The van der Waals surface area contributed by atoms with Gasteiger partial charge in [-0.25, -0.2) is 9.18 Å². The smallest absolute Gasteiger partial charge is 0.410 e. The number of ether oxygens (including phenoxy) is 2. The number of hydrogen-bond donors (Lipinski definition) is 0. The third-order valence-corrected chi connectivity index (χ3v) is 3.70. The van der Waals surface area contributed by atoms with Gasteiger partial charge in [-0.15, -0.1) is 0 Å². The Morgan fingerprint density at radius 2 is 2.08 bits per heavy atom. The highest BCUT2D eigenvalue weighted by molar-refractivity contribution is 5.69. The molecule has 0 spiro atoms. The van der Waals surface area contributed by atoms with Gasteiger partial charge in [0.2, 0.25) is 0 Å². The van der Waals surface area contributed by atoms with Gasteiger partial charge in [0.05, 0.1) is 30.7 Å². The number of likely N-dealkylation sites (tertiary alicyclic amines) is 1. The third kappa shape index (κ3) is 3.89. The Morgan fingerprint density at radius 3 is 2.68 bits per heavy atom. The summed E-state index contributed by atoms with van der Waals surface area (Å²) in [6, 6.07) is 3.33. The monoisotopic (exact) mass is 348 g/mol. The number of pyridine rings is 1. The second kappa shape index (κ2) is 6.34. The maximum absolute atomic E-state index is 14.0. The molecule has 0 N–H and O–H groups in total. The van der Waals surface area contributed by atoms with Crippen molar-refractivity contribution in [3.63, 3.8) is 0 Å². The number of carbonyl (C=O) groups excluding carboxylic acids is 1. The summed E-state index contributed by atoms with van der Waals surface area (Å²) in [5.41, 5.74) is 0.784. The molecule has 3 rings (SSSR count). The molecule has 0 saturated carbocycles. The molecular formula is C17H21FN4O3. The summed E-state index contributed by atoms with van der Waals surface area (Å²) in [5, 5.41) is 4.08. The summed E-state index contributed by atoms with van der Waals surface area (Å²) in [6.45, 7) is 6.15. The molecule has 2 aromatic heterocycles. The van der Waals surface area contributed by atoms with Crippen LogP contribution in [0.5, 0.6) is 5.75 Å². The average Bonchev–Trinajstić information content (AvgIpc) is 2.88. The first kappa shape index (κ1) is 17.2. The summed E-state index contributed by atoms with van der Waals surface area (Å²) >= 11 is 0. The minimum atomic E-state index is -0.543. The molecule has 0 aliphatic carbocycles. The summed E-state index contributed by atoms with van der Waals surface area (Å²) < 4.78 is 26.6. The number of hydrogen-bond acceptors (Lipinski definition) is 5. The van der Waals surface area contributed by atoms with Crippen molar-refractivity contribution in [3.05, 3.63) is 30.3 Å². The van der Waals surface area contributed by atoms with Gasteiger partial charge in [-0.2, -0.15) is 5.10 Å². The van der Waals surface area contributed by atoms with Crippen LogP contribution in [0.15, 0.2) is 24.5 Å². The van der Waals surface area contributed by atoms with E-state index in [1.165, 1.54) is 4.90 Å². The van der Waals surface area contributed by atoms with Gasteiger partial charge in [0.1, 0.15) is 11.7 Å². The van der Waals surface area contributed by atoms with Crippen molar-refractivity contribution in [1.29, 1.82) is 0 Å². The first-order valence-electron chi connectivity index (χ1n) is 8.01.